The number of phenolic OH excluding ortho intramolecular Hbond substituents is 2. The number of hydrogen-bond donors (Lipinski definition) is 3. The maximum atomic E-state index is 11.9. The number of nitrogens with zero attached hydrogens (tertiary/aromatic N) is 2. The fourth-order valence-corrected chi connectivity index (χ4v) is 1.97. The quantitative estimate of drug-likeness (QED) is 0.450. The van der Waals surface area contributed by atoms with Gasteiger partial charge in [0.05, 0.1) is 11.3 Å². The normalized spacial score (nSPS) is 11.2. The van der Waals surface area contributed by atoms with Crippen LogP contribution >= 0.6 is 15.9 Å². The van der Waals surface area contributed by atoms with Crippen LogP contribution in [0.4, 0.5) is 0 Å². The summed E-state index contributed by atoms with van der Waals surface area (Å²) < 4.78 is 0.682. The minimum Gasteiger partial charge on any atom is -0.508 e. The van der Waals surface area contributed by atoms with Gasteiger partial charge in [0.2, 0.25) is 0 Å². The number of aromatic hydroxyl groups is 2. The summed E-state index contributed by atoms with van der Waals surface area (Å²) in [6.45, 7) is 1.61. The molecule has 0 radical (unpaired) electrons. The number of phenols is 2. The molecule has 0 spiro atoms. The van der Waals surface area contributed by atoms with E-state index < -0.39 is 5.91 Å². The zero-order chi connectivity index (χ0) is 15.4. The molecular formula is C14H12BrN3O3. The Morgan fingerprint density at radius 1 is 1.29 bits per heavy atom. The number of aromatic nitrogens is 1. The number of benzene rings is 1. The zero-order valence-electron chi connectivity index (χ0n) is 11.0. The Kier molecular flexibility index (Phi) is 4.54. The molecule has 0 saturated carbocycles. The van der Waals surface area contributed by atoms with E-state index in [2.05, 4.69) is 31.4 Å². The predicted octanol–water partition coefficient (Wildman–Crippen LogP) is 2.41. The second-order valence-corrected chi connectivity index (χ2v) is 5.15. The molecule has 0 saturated heterocycles. The van der Waals surface area contributed by atoms with E-state index in [4.69, 9.17) is 0 Å². The van der Waals surface area contributed by atoms with Gasteiger partial charge in [-0.05, 0) is 47.1 Å². The molecule has 0 aliphatic heterocycles. The van der Waals surface area contributed by atoms with E-state index in [1.807, 2.05) is 0 Å². The predicted molar refractivity (Wildman–Crippen MR) is 81.4 cm³/mol. The van der Waals surface area contributed by atoms with Gasteiger partial charge < -0.3 is 10.2 Å². The number of halogens is 1. The van der Waals surface area contributed by atoms with Gasteiger partial charge in [0, 0.05) is 22.4 Å². The molecule has 3 N–H and O–H groups in total. The minimum atomic E-state index is -0.428. The first-order chi connectivity index (χ1) is 9.97. The molecule has 0 bridgehead atoms. The van der Waals surface area contributed by atoms with Gasteiger partial charge in [0.15, 0.2) is 0 Å². The molecule has 0 unspecified atom stereocenters. The van der Waals surface area contributed by atoms with Gasteiger partial charge in [-0.1, -0.05) is 0 Å². The summed E-state index contributed by atoms with van der Waals surface area (Å²) in [6.07, 6.45) is 2.98. The van der Waals surface area contributed by atoms with Crippen molar-refractivity contribution in [1.82, 2.24) is 10.4 Å². The average Bonchev–Trinajstić information content (AvgIpc) is 2.47. The van der Waals surface area contributed by atoms with Crippen molar-refractivity contribution in [2.24, 2.45) is 5.10 Å². The van der Waals surface area contributed by atoms with Crippen LogP contribution in [0.1, 0.15) is 22.8 Å². The maximum absolute atomic E-state index is 11.9. The van der Waals surface area contributed by atoms with E-state index in [0.717, 1.165) is 0 Å². The van der Waals surface area contributed by atoms with Gasteiger partial charge in [0.1, 0.15) is 11.5 Å². The molecule has 1 aromatic heterocycles. The molecule has 0 aliphatic rings. The number of rotatable bonds is 3. The summed E-state index contributed by atoms with van der Waals surface area (Å²) in [6, 6.07) is 5.68. The van der Waals surface area contributed by atoms with Crippen molar-refractivity contribution >= 4 is 27.5 Å². The van der Waals surface area contributed by atoms with Crippen molar-refractivity contribution in [3.05, 3.63) is 52.3 Å². The van der Waals surface area contributed by atoms with E-state index in [1.165, 1.54) is 24.4 Å². The van der Waals surface area contributed by atoms with Crippen molar-refractivity contribution in [2.75, 3.05) is 0 Å². The molecular weight excluding hydrogens is 338 g/mol. The molecule has 7 heteroatoms. The van der Waals surface area contributed by atoms with Gasteiger partial charge in [-0.2, -0.15) is 5.10 Å². The second kappa shape index (κ2) is 6.36. The van der Waals surface area contributed by atoms with Crippen molar-refractivity contribution in [3.63, 3.8) is 0 Å². The zero-order valence-corrected chi connectivity index (χ0v) is 12.6. The summed E-state index contributed by atoms with van der Waals surface area (Å²) in [7, 11) is 0. The van der Waals surface area contributed by atoms with Crippen LogP contribution < -0.4 is 5.43 Å². The monoisotopic (exact) mass is 349 g/mol. The molecule has 2 aromatic rings. The molecule has 0 aliphatic carbocycles. The largest absolute Gasteiger partial charge is 0.508 e. The van der Waals surface area contributed by atoms with E-state index in [-0.39, 0.29) is 11.5 Å². The first-order valence-corrected chi connectivity index (χ1v) is 6.74. The molecule has 2 rings (SSSR count). The van der Waals surface area contributed by atoms with Crippen LogP contribution in [0.25, 0.3) is 0 Å². The Morgan fingerprint density at radius 2 is 2.05 bits per heavy atom. The van der Waals surface area contributed by atoms with Crippen LogP contribution in [0.2, 0.25) is 0 Å². The van der Waals surface area contributed by atoms with Crippen LogP contribution in [0.15, 0.2) is 46.2 Å². The summed E-state index contributed by atoms with van der Waals surface area (Å²) in [5.74, 6) is -0.463. The topological polar surface area (TPSA) is 94.8 Å². The lowest BCUT2D eigenvalue weighted by atomic mass is 10.1. The van der Waals surface area contributed by atoms with Crippen molar-refractivity contribution in [1.29, 1.82) is 0 Å². The van der Waals surface area contributed by atoms with Crippen LogP contribution in [-0.2, 0) is 0 Å². The third-order valence-electron chi connectivity index (χ3n) is 2.66. The molecule has 6 nitrogen and oxygen atoms in total. The summed E-state index contributed by atoms with van der Waals surface area (Å²) in [5.41, 5.74) is 3.41. The first-order valence-electron chi connectivity index (χ1n) is 5.95. The number of pyridine rings is 1. The van der Waals surface area contributed by atoms with Crippen LogP contribution in [0.3, 0.4) is 0 Å². The van der Waals surface area contributed by atoms with Crippen molar-refractivity contribution in [3.8, 4) is 11.5 Å². The van der Waals surface area contributed by atoms with Gasteiger partial charge in [-0.15, -0.1) is 0 Å². The number of carbonyl (C=O) groups is 1. The van der Waals surface area contributed by atoms with E-state index in [9.17, 15) is 15.0 Å². The van der Waals surface area contributed by atoms with E-state index >= 15 is 0 Å². The lowest BCUT2D eigenvalue weighted by Crippen LogP contribution is -2.19. The average molecular weight is 350 g/mol. The number of carbonyl (C=O) groups excluding carboxylic acids is 1. The van der Waals surface area contributed by atoms with Crippen molar-refractivity contribution < 1.29 is 15.0 Å². The van der Waals surface area contributed by atoms with Crippen molar-refractivity contribution in [2.45, 2.75) is 6.92 Å². The lowest BCUT2D eigenvalue weighted by Gasteiger charge is -2.05. The second-order valence-electron chi connectivity index (χ2n) is 4.23. The first kappa shape index (κ1) is 15.0. The Bertz CT molecular complexity index is 716. The number of hydrogen-bond acceptors (Lipinski definition) is 5. The van der Waals surface area contributed by atoms with Crippen LogP contribution in [0.5, 0.6) is 11.5 Å². The van der Waals surface area contributed by atoms with E-state index in [1.54, 1.807) is 19.2 Å². The Hall–Kier alpha value is -2.41. The lowest BCUT2D eigenvalue weighted by molar-refractivity contribution is 0.0954. The standard InChI is InChI=1S/C14H12BrN3O3/c1-8(12-5-11(19)2-3-13(12)20)17-18-14(21)9-4-10(15)7-16-6-9/h2-7,19-20H,1H3,(H,18,21)/b17-8-. The fourth-order valence-electron chi connectivity index (χ4n) is 1.61. The van der Waals surface area contributed by atoms with Crippen LogP contribution in [0, 0.1) is 0 Å². The Labute approximate surface area is 129 Å². The molecule has 21 heavy (non-hydrogen) atoms. The summed E-state index contributed by atoms with van der Waals surface area (Å²) in [5, 5.41) is 23.0. The third kappa shape index (κ3) is 3.79. The van der Waals surface area contributed by atoms with Gasteiger partial charge in [-0.3, -0.25) is 9.78 Å². The molecule has 1 heterocycles. The smallest absolute Gasteiger partial charge is 0.272 e. The van der Waals surface area contributed by atoms with E-state index in [0.29, 0.717) is 21.3 Å². The Morgan fingerprint density at radius 3 is 2.76 bits per heavy atom. The molecule has 108 valence electrons. The van der Waals surface area contributed by atoms with Gasteiger partial charge >= 0.3 is 0 Å². The highest BCUT2D eigenvalue weighted by molar-refractivity contribution is 9.10. The number of hydrazone groups is 1. The highest BCUT2D eigenvalue weighted by atomic mass is 79.9. The minimum absolute atomic E-state index is 0.000124. The SMILES string of the molecule is C/C(=N/NC(=O)c1cncc(Br)c1)c1cc(O)ccc1O. The summed E-state index contributed by atoms with van der Waals surface area (Å²) >= 11 is 3.23. The molecule has 1 aromatic carbocycles. The summed E-state index contributed by atoms with van der Waals surface area (Å²) in [4.78, 5) is 15.8. The van der Waals surface area contributed by atoms with Gasteiger partial charge in [-0.25, -0.2) is 5.43 Å². The third-order valence-corrected chi connectivity index (χ3v) is 3.10. The number of amides is 1. The Balaban J connectivity index is 2.17. The molecule has 0 fully saturated rings. The highest BCUT2D eigenvalue weighted by Crippen LogP contribution is 2.22. The fraction of sp³-hybridized carbons (Fsp3) is 0.0714. The number of nitrogens with one attached hydrogen (secondary N) is 1. The maximum Gasteiger partial charge on any atom is 0.272 e. The highest BCUT2D eigenvalue weighted by Gasteiger charge is 2.08. The van der Waals surface area contributed by atoms with Gasteiger partial charge in [0.25, 0.3) is 5.91 Å². The molecule has 1 amide bonds. The van der Waals surface area contributed by atoms with Crippen LogP contribution in [-0.4, -0.2) is 26.8 Å². The molecule has 0 atom stereocenters.